The van der Waals surface area contributed by atoms with Crippen LogP contribution in [0.15, 0.2) is 0 Å². The van der Waals surface area contributed by atoms with Crippen molar-refractivity contribution in [2.75, 3.05) is 46.4 Å². The van der Waals surface area contributed by atoms with Crippen LogP contribution in [0.5, 0.6) is 0 Å². The van der Waals surface area contributed by atoms with Crippen molar-refractivity contribution in [3.63, 3.8) is 0 Å². The SMILES string of the molecule is CCC1OC(=O)C(C)C(O)(CNCCNCCO)C(C)CC(C)CCCNC(C)CC1OC. The molecule has 1 aliphatic heterocycles. The van der Waals surface area contributed by atoms with Gasteiger partial charge in [0.25, 0.3) is 0 Å². The number of carbonyl (C=O) groups is 1. The predicted molar refractivity (Wildman–Crippen MR) is 132 cm³/mol. The van der Waals surface area contributed by atoms with E-state index in [0.29, 0.717) is 38.5 Å². The summed E-state index contributed by atoms with van der Waals surface area (Å²) < 4.78 is 11.7. The number of aliphatic hydroxyl groups is 2. The van der Waals surface area contributed by atoms with Crippen LogP contribution in [0.2, 0.25) is 0 Å². The van der Waals surface area contributed by atoms with E-state index in [-0.39, 0.29) is 36.7 Å². The van der Waals surface area contributed by atoms with Crippen molar-refractivity contribution in [3.05, 3.63) is 0 Å². The van der Waals surface area contributed by atoms with Crippen LogP contribution in [-0.2, 0) is 14.3 Å². The second-order valence-corrected chi connectivity index (χ2v) is 10.00. The molecule has 1 aliphatic rings. The molecule has 8 nitrogen and oxygen atoms in total. The molecule has 0 aromatic heterocycles. The van der Waals surface area contributed by atoms with Gasteiger partial charge in [0.15, 0.2) is 0 Å². The van der Waals surface area contributed by atoms with Crippen LogP contribution in [0.1, 0.15) is 66.7 Å². The zero-order chi connectivity index (χ0) is 24.9. The summed E-state index contributed by atoms with van der Waals surface area (Å²) in [5.74, 6) is -0.687. The van der Waals surface area contributed by atoms with Gasteiger partial charge in [-0.05, 0) is 64.3 Å². The molecule has 0 aromatic carbocycles. The Hall–Kier alpha value is -0.770. The first-order chi connectivity index (χ1) is 15.7. The number of rotatable bonds is 9. The van der Waals surface area contributed by atoms with Gasteiger partial charge in [0.1, 0.15) is 6.10 Å². The molecule has 0 bridgehead atoms. The predicted octanol–water partition coefficient (Wildman–Crippen LogP) is 1.69. The number of aliphatic hydroxyl groups excluding tert-OH is 1. The molecule has 0 saturated carbocycles. The summed E-state index contributed by atoms with van der Waals surface area (Å²) >= 11 is 0. The van der Waals surface area contributed by atoms with Crippen molar-refractivity contribution in [1.82, 2.24) is 16.0 Å². The second-order valence-electron chi connectivity index (χ2n) is 10.00. The number of esters is 1. The van der Waals surface area contributed by atoms with Crippen molar-refractivity contribution in [2.45, 2.75) is 90.6 Å². The van der Waals surface area contributed by atoms with Gasteiger partial charge in [-0.3, -0.25) is 4.79 Å². The molecular formula is C25H51N3O5. The third-order valence-corrected chi connectivity index (χ3v) is 7.23. The van der Waals surface area contributed by atoms with Gasteiger partial charge in [0.05, 0.1) is 24.2 Å². The van der Waals surface area contributed by atoms with Crippen molar-refractivity contribution < 1.29 is 24.5 Å². The fraction of sp³-hybridized carbons (Fsp3) is 0.960. The van der Waals surface area contributed by atoms with Crippen LogP contribution in [0.4, 0.5) is 0 Å². The average Bonchev–Trinajstić information content (AvgIpc) is 2.79. The highest BCUT2D eigenvalue weighted by molar-refractivity contribution is 5.74. The van der Waals surface area contributed by atoms with E-state index in [1.54, 1.807) is 14.0 Å². The standard InChI is InChI=1S/C25H51N3O5/c1-7-22-23(32-6)16-20(4)28-10-8-9-18(2)15-19(3)25(31,21(5)24(30)33-22)17-27-12-11-26-13-14-29/h18-23,26-29,31H,7-17H2,1-6H3. The number of cyclic esters (lactones) is 1. The molecular weight excluding hydrogens is 422 g/mol. The van der Waals surface area contributed by atoms with Crippen molar-refractivity contribution in [3.8, 4) is 0 Å². The normalized spacial score (nSPS) is 35.5. The third-order valence-electron chi connectivity index (χ3n) is 7.23. The van der Waals surface area contributed by atoms with Gasteiger partial charge in [-0.2, -0.15) is 0 Å². The number of methoxy groups -OCH3 is 1. The Bertz CT molecular complexity index is 538. The molecule has 0 aromatic rings. The van der Waals surface area contributed by atoms with Gasteiger partial charge >= 0.3 is 5.97 Å². The zero-order valence-corrected chi connectivity index (χ0v) is 21.9. The fourth-order valence-corrected chi connectivity index (χ4v) is 4.86. The maximum atomic E-state index is 13.3. The topological polar surface area (TPSA) is 112 Å². The molecule has 196 valence electrons. The van der Waals surface area contributed by atoms with Gasteiger partial charge in [0, 0.05) is 39.3 Å². The number of hydrogen-bond donors (Lipinski definition) is 5. The third kappa shape index (κ3) is 10.2. The lowest BCUT2D eigenvalue weighted by molar-refractivity contribution is -0.174. The van der Waals surface area contributed by atoms with E-state index in [2.05, 4.69) is 29.8 Å². The molecule has 0 aliphatic carbocycles. The molecule has 7 atom stereocenters. The Balaban J connectivity index is 3.04. The molecule has 1 rings (SSSR count). The zero-order valence-electron chi connectivity index (χ0n) is 21.9. The lowest BCUT2D eigenvalue weighted by atomic mass is 9.74. The number of ether oxygens (including phenoxy) is 2. The maximum absolute atomic E-state index is 13.3. The largest absolute Gasteiger partial charge is 0.459 e. The highest BCUT2D eigenvalue weighted by Crippen LogP contribution is 2.33. The fourth-order valence-electron chi connectivity index (χ4n) is 4.86. The van der Waals surface area contributed by atoms with Crippen molar-refractivity contribution in [2.24, 2.45) is 17.8 Å². The first-order valence-electron chi connectivity index (χ1n) is 12.9. The summed E-state index contributed by atoms with van der Waals surface area (Å²) in [4.78, 5) is 13.3. The summed E-state index contributed by atoms with van der Waals surface area (Å²) in [5.41, 5.74) is -1.23. The van der Waals surface area contributed by atoms with Crippen LogP contribution in [0.25, 0.3) is 0 Å². The molecule has 0 radical (unpaired) electrons. The van der Waals surface area contributed by atoms with Crippen LogP contribution in [0.3, 0.4) is 0 Å². The number of carbonyl (C=O) groups excluding carboxylic acids is 1. The van der Waals surface area contributed by atoms with Gasteiger partial charge < -0.3 is 35.6 Å². The second kappa shape index (κ2) is 16.0. The molecule has 8 heteroatoms. The van der Waals surface area contributed by atoms with E-state index in [1.165, 1.54) is 0 Å². The smallest absolute Gasteiger partial charge is 0.312 e. The summed E-state index contributed by atoms with van der Waals surface area (Å²) in [6.45, 7) is 13.4. The summed E-state index contributed by atoms with van der Waals surface area (Å²) in [7, 11) is 1.67. The van der Waals surface area contributed by atoms with E-state index < -0.39 is 11.5 Å². The van der Waals surface area contributed by atoms with Crippen LogP contribution < -0.4 is 16.0 Å². The Morgan fingerprint density at radius 1 is 1.15 bits per heavy atom. The van der Waals surface area contributed by atoms with Crippen LogP contribution in [-0.4, -0.2) is 86.5 Å². The van der Waals surface area contributed by atoms with Gasteiger partial charge in [-0.25, -0.2) is 0 Å². The minimum absolute atomic E-state index is 0.0803. The van der Waals surface area contributed by atoms with Crippen molar-refractivity contribution in [1.29, 1.82) is 0 Å². The molecule has 0 spiro atoms. The lowest BCUT2D eigenvalue weighted by Gasteiger charge is -2.40. The molecule has 5 N–H and O–H groups in total. The van der Waals surface area contributed by atoms with Crippen LogP contribution >= 0.6 is 0 Å². The molecule has 1 saturated heterocycles. The molecule has 7 unspecified atom stereocenters. The lowest BCUT2D eigenvalue weighted by Crippen LogP contribution is -2.55. The Kier molecular flexibility index (Phi) is 14.7. The monoisotopic (exact) mass is 473 g/mol. The van der Waals surface area contributed by atoms with Gasteiger partial charge in [0.2, 0.25) is 0 Å². The highest BCUT2D eigenvalue weighted by Gasteiger charge is 2.44. The maximum Gasteiger partial charge on any atom is 0.312 e. The molecule has 1 heterocycles. The highest BCUT2D eigenvalue weighted by atomic mass is 16.6. The van der Waals surface area contributed by atoms with E-state index in [1.807, 2.05) is 13.8 Å². The van der Waals surface area contributed by atoms with Crippen LogP contribution in [0, 0.1) is 17.8 Å². The van der Waals surface area contributed by atoms with E-state index in [0.717, 1.165) is 32.2 Å². The summed E-state index contributed by atoms with van der Waals surface area (Å²) in [5, 5.41) is 30.7. The Morgan fingerprint density at radius 3 is 2.48 bits per heavy atom. The molecule has 1 fully saturated rings. The minimum Gasteiger partial charge on any atom is -0.459 e. The quantitative estimate of drug-likeness (QED) is 0.254. The summed E-state index contributed by atoms with van der Waals surface area (Å²) in [6, 6.07) is 0.264. The van der Waals surface area contributed by atoms with Gasteiger partial charge in [-0.15, -0.1) is 0 Å². The average molecular weight is 474 g/mol. The first kappa shape index (κ1) is 30.3. The van der Waals surface area contributed by atoms with E-state index >= 15 is 0 Å². The minimum atomic E-state index is -1.23. The first-order valence-corrected chi connectivity index (χ1v) is 12.9. The number of nitrogens with one attached hydrogen (secondary N) is 3. The molecule has 33 heavy (non-hydrogen) atoms. The Labute approximate surface area is 201 Å². The van der Waals surface area contributed by atoms with Crippen molar-refractivity contribution >= 4 is 5.97 Å². The molecule has 0 amide bonds. The van der Waals surface area contributed by atoms with E-state index in [4.69, 9.17) is 14.6 Å². The number of hydrogen-bond acceptors (Lipinski definition) is 8. The summed E-state index contributed by atoms with van der Waals surface area (Å²) in [6.07, 6.45) is 3.85. The van der Waals surface area contributed by atoms with E-state index in [9.17, 15) is 9.90 Å². The Morgan fingerprint density at radius 2 is 1.85 bits per heavy atom. The van der Waals surface area contributed by atoms with Gasteiger partial charge in [-0.1, -0.05) is 20.8 Å².